The minimum atomic E-state index is -2.65. The summed E-state index contributed by atoms with van der Waals surface area (Å²) in [7, 11) is -2.65. The Morgan fingerprint density at radius 3 is 2.38 bits per heavy atom. The molecule has 0 spiro atoms. The molecule has 1 aromatic rings. The van der Waals surface area contributed by atoms with Gasteiger partial charge in [0.15, 0.2) is 0 Å². The Morgan fingerprint density at radius 2 is 1.92 bits per heavy atom. The average Bonchev–Trinajstić information content (AvgIpc) is 2.08. The molecule has 4 nitrogen and oxygen atoms in total. The van der Waals surface area contributed by atoms with Gasteiger partial charge in [0.2, 0.25) is 8.03 Å². The van der Waals surface area contributed by atoms with E-state index in [1.54, 1.807) is 12.1 Å². The molecule has 0 amide bonds. The second kappa shape index (κ2) is 4.42. The molecule has 2 atom stereocenters. The highest BCUT2D eigenvalue weighted by Gasteiger charge is 2.08. The molecule has 0 aromatic heterocycles. The van der Waals surface area contributed by atoms with Crippen molar-refractivity contribution in [3.05, 3.63) is 29.8 Å². The van der Waals surface area contributed by atoms with Crippen molar-refractivity contribution in [3.63, 3.8) is 0 Å². The van der Waals surface area contributed by atoms with Crippen molar-refractivity contribution >= 4 is 8.03 Å². The Kier molecular flexibility index (Phi) is 3.48. The van der Waals surface area contributed by atoms with Gasteiger partial charge in [-0.3, -0.25) is 4.57 Å². The summed E-state index contributed by atoms with van der Waals surface area (Å²) in [5.41, 5.74) is 6.25. The van der Waals surface area contributed by atoms with Gasteiger partial charge >= 0.3 is 0 Å². The Morgan fingerprint density at radius 1 is 1.38 bits per heavy atom. The number of hydrogen-bond donors (Lipinski definition) is 3. The molecule has 0 aliphatic carbocycles. The number of rotatable bonds is 3. The summed E-state index contributed by atoms with van der Waals surface area (Å²) >= 11 is 0. The lowest BCUT2D eigenvalue weighted by Crippen LogP contribution is -2.17. The van der Waals surface area contributed by atoms with Crippen LogP contribution in [-0.4, -0.2) is 15.8 Å². The van der Waals surface area contributed by atoms with Crippen LogP contribution in [0.3, 0.4) is 0 Å². The van der Waals surface area contributed by atoms with Crippen molar-refractivity contribution in [2.45, 2.75) is 12.2 Å². The zero-order valence-corrected chi connectivity index (χ0v) is 7.97. The molecule has 0 aliphatic heterocycles. The van der Waals surface area contributed by atoms with Crippen LogP contribution in [0.1, 0.15) is 5.56 Å². The van der Waals surface area contributed by atoms with Crippen LogP contribution in [0.2, 0.25) is 0 Å². The molecule has 0 heterocycles. The van der Waals surface area contributed by atoms with Gasteiger partial charge in [0.1, 0.15) is 5.75 Å². The van der Waals surface area contributed by atoms with Gasteiger partial charge in [0.05, 0.1) is 5.78 Å². The first kappa shape index (κ1) is 10.3. The minimum Gasteiger partial charge on any atom is -0.508 e. The Labute approximate surface area is 76.9 Å². The number of phenols is 1. The lowest BCUT2D eigenvalue weighted by Gasteiger charge is -2.07. The number of aromatic hydroxyl groups is 1. The third-order valence-corrected chi connectivity index (χ3v) is 2.55. The van der Waals surface area contributed by atoms with E-state index in [1.165, 1.54) is 12.1 Å². The van der Waals surface area contributed by atoms with E-state index in [9.17, 15) is 4.57 Å². The molecule has 1 rings (SSSR count). The van der Waals surface area contributed by atoms with Crippen LogP contribution in [0.15, 0.2) is 24.3 Å². The predicted octanol–water partition coefficient (Wildman–Crippen LogP) is 0.686. The van der Waals surface area contributed by atoms with E-state index < -0.39 is 13.8 Å². The van der Waals surface area contributed by atoms with Crippen molar-refractivity contribution in [2.24, 2.45) is 5.73 Å². The van der Waals surface area contributed by atoms with Crippen LogP contribution in [0.5, 0.6) is 5.75 Å². The molecule has 72 valence electrons. The molecule has 1 aromatic carbocycles. The molecular formula is C8H12NO3P. The average molecular weight is 201 g/mol. The number of hydrogen-bond acceptors (Lipinski definition) is 3. The molecule has 0 radical (unpaired) electrons. The maximum atomic E-state index is 10.6. The summed E-state index contributed by atoms with van der Waals surface area (Å²) in [6.07, 6.45) is 0.356. The maximum absolute atomic E-state index is 10.6. The van der Waals surface area contributed by atoms with E-state index >= 15 is 0 Å². The van der Waals surface area contributed by atoms with Gasteiger partial charge in [0.25, 0.3) is 0 Å². The van der Waals surface area contributed by atoms with Gasteiger partial charge in [-0.1, -0.05) is 12.1 Å². The summed E-state index contributed by atoms with van der Waals surface area (Å²) in [6, 6.07) is 6.41. The molecule has 4 N–H and O–H groups in total. The molecule has 13 heavy (non-hydrogen) atoms. The zero-order valence-electron chi connectivity index (χ0n) is 6.97. The molecule has 5 heteroatoms. The van der Waals surface area contributed by atoms with Crippen molar-refractivity contribution in [3.8, 4) is 5.75 Å². The molecule has 0 fully saturated rings. The van der Waals surface area contributed by atoms with Gasteiger partial charge in [-0.25, -0.2) is 0 Å². The fourth-order valence-electron chi connectivity index (χ4n) is 0.973. The molecule has 0 saturated carbocycles. The predicted molar refractivity (Wildman–Crippen MR) is 51.0 cm³/mol. The van der Waals surface area contributed by atoms with Crippen LogP contribution in [-0.2, 0) is 11.0 Å². The van der Waals surface area contributed by atoms with Crippen molar-refractivity contribution in [2.75, 3.05) is 0 Å². The van der Waals surface area contributed by atoms with E-state index in [0.717, 1.165) is 5.56 Å². The SMILES string of the molecule is NC(Cc1ccc(O)cc1)[PH](=O)O. The smallest absolute Gasteiger partial charge is 0.205 e. The highest BCUT2D eigenvalue weighted by atomic mass is 31.1. The normalized spacial score (nSPS) is 15.2. The minimum absolute atomic E-state index is 0.175. The maximum Gasteiger partial charge on any atom is 0.205 e. The number of nitrogens with two attached hydrogens (primary N) is 1. The van der Waals surface area contributed by atoms with E-state index in [-0.39, 0.29) is 5.75 Å². The Bertz CT molecular complexity index is 299. The highest BCUT2D eigenvalue weighted by molar-refractivity contribution is 7.38. The summed E-state index contributed by atoms with van der Waals surface area (Å²) in [5.74, 6) is -0.525. The topological polar surface area (TPSA) is 83.5 Å². The summed E-state index contributed by atoms with van der Waals surface area (Å²) in [4.78, 5) is 8.71. The van der Waals surface area contributed by atoms with Gasteiger partial charge in [-0.15, -0.1) is 0 Å². The highest BCUT2D eigenvalue weighted by Crippen LogP contribution is 2.22. The Balaban J connectivity index is 2.64. The summed E-state index contributed by atoms with van der Waals surface area (Å²) in [5, 5.41) is 8.96. The second-order valence-corrected chi connectivity index (χ2v) is 4.23. The molecule has 0 bridgehead atoms. The van der Waals surface area contributed by atoms with Crippen molar-refractivity contribution in [1.29, 1.82) is 0 Å². The van der Waals surface area contributed by atoms with Gasteiger partial charge in [-0.2, -0.15) is 0 Å². The Hall–Kier alpha value is -0.830. The largest absolute Gasteiger partial charge is 0.508 e. The summed E-state index contributed by atoms with van der Waals surface area (Å²) < 4.78 is 10.6. The van der Waals surface area contributed by atoms with E-state index in [0.29, 0.717) is 6.42 Å². The van der Waals surface area contributed by atoms with E-state index in [4.69, 9.17) is 15.7 Å². The fourth-order valence-corrected chi connectivity index (χ4v) is 1.38. The van der Waals surface area contributed by atoms with Crippen LogP contribution < -0.4 is 5.73 Å². The van der Waals surface area contributed by atoms with Crippen molar-refractivity contribution in [1.82, 2.24) is 0 Å². The summed E-state index contributed by atoms with van der Waals surface area (Å²) in [6.45, 7) is 0. The first-order valence-electron chi connectivity index (χ1n) is 3.86. The number of benzene rings is 1. The van der Waals surface area contributed by atoms with Crippen molar-refractivity contribution < 1.29 is 14.6 Å². The lowest BCUT2D eigenvalue weighted by atomic mass is 10.1. The lowest BCUT2D eigenvalue weighted by molar-refractivity contribution is 0.475. The van der Waals surface area contributed by atoms with E-state index in [2.05, 4.69) is 0 Å². The molecule has 0 aliphatic rings. The van der Waals surface area contributed by atoms with Crippen LogP contribution in [0, 0.1) is 0 Å². The second-order valence-electron chi connectivity index (χ2n) is 2.82. The third-order valence-electron chi connectivity index (χ3n) is 1.71. The monoisotopic (exact) mass is 201 g/mol. The first-order valence-corrected chi connectivity index (χ1v) is 5.29. The van der Waals surface area contributed by atoms with Gasteiger partial charge in [-0.05, 0) is 24.1 Å². The zero-order chi connectivity index (χ0) is 9.84. The quantitative estimate of drug-likeness (QED) is 0.628. The van der Waals surface area contributed by atoms with Crippen LogP contribution in [0.25, 0.3) is 0 Å². The van der Waals surface area contributed by atoms with E-state index in [1.807, 2.05) is 0 Å². The molecular weight excluding hydrogens is 189 g/mol. The van der Waals surface area contributed by atoms with Crippen LogP contribution in [0.4, 0.5) is 0 Å². The van der Waals surface area contributed by atoms with Gasteiger partial charge in [0, 0.05) is 0 Å². The number of phenolic OH excluding ortho intramolecular Hbond substituents is 1. The third kappa shape index (κ3) is 3.19. The standard InChI is InChI=1S/C8H12NO3P/c9-8(13(11)12)5-6-1-3-7(10)4-2-6/h1-4,8,10,13H,5,9H2,(H,11,12). The van der Waals surface area contributed by atoms with Gasteiger partial charge < -0.3 is 15.7 Å². The fraction of sp³-hybridized carbons (Fsp3) is 0.250. The molecule has 2 unspecified atom stereocenters. The van der Waals surface area contributed by atoms with Crippen LogP contribution >= 0.6 is 8.03 Å². The first-order chi connectivity index (χ1) is 6.09. The molecule has 0 saturated heterocycles.